The van der Waals surface area contributed by atoms with Crippen molar-refractivity contribution in [3.05, 3.63) is 76.9 Å². The molecule has 0 bridgehead atoms. The van der Waals surface area contributed by atoms with Crippen LogP contribution in [0.2, 0.25) is 5.02 Å². The maximum atomic E-state index is 6.62. The van der Waals surface area contributed by atoms with Crippen LogP contribution < -0.4 is 0 Å². The Morgan fingerprint density at radius 1 is 1.05 bits per heavy atom. The van der Waals surface area contributed by atoms with Crippen LogP contribution in [0, 0.1) is 0 Å². The topological polar surface area (TPSA) is 0 Å². The molecule has 1 aliphatic carbocycles. The molecule has 19 heavy (non-hydrogen) atoms. The number of halogens is 1. The Bertz CT molecular complexity index is 593. The zero-order valence-electron chi connectivity index (χ0n) is 11.7. The van der Waals surface area contributed by atoms with E-state index in [1.54, 1.807) is 0 Å². The third-order valence-corrected chi connectivity index (χ3v) is 3.63. The van der Waals surface area contributed by atoms with Gasteiger partial charge in [0.05, 0.1) is 5.02 Å². The Balaban J connectivity index is 2.58. The molecule has 0 fully saturated rings. The molecule has 1 aromatic rings. The number of benzene rings is 1. The molecule has 1 aliphatic rings. The lowest BCUT2D eigenvalue weighted by molar-refractivity contribution is 0.590. The molecule has 0 nitrogen and oxygen atoms in total. The van der Waals surface area contributed by atoms with Crippen molar-refractivity contribution in [3.8, 4) is 0 Å². The Kier molecular flexibility index (Phi) is 3.82. The molecule has 0 aliphatic heterocycles. The Labute approximate surface area is 120 Å². The van der Waals surface area contributed by atoms with E-state index in [0.29, 0.717) is 0 Å². The van der Waals surface area contributed by atoms with Crippen molar-refractivity contribution < 1.29 is 0 Å². The summed E-state index contributed by atoms with van der Waals surface area (Å²) < 4.78 is 0. The van der Waals surface area contributed by atoms with Gasteiger partial charge < -0.3 is 0 Å². The van der Waals surface area contributed by atoms with E-state index in [2.05, 4.69) is 51.6 Å². The molecule has 0 unspecified atom stereocenters. The van der Waals surface area contributed by atoms with Gasteiger partial charge >= 0.3 is 0 Å². The van der Waals surface area contributed by atoms with Crippen molar-refractivity contribution in [3.63, 3.8) is 0 Å². The second-order valence-corrected chi connectivity index (χ2v) is 6.14. The molecule has 0 aromatic heterocycles. The molecule has 2 rings (SSSR count). The van der Waals surface area contributed by atoms with Crippen molar-refractivity contribution in [2.75, 3.05) is 0 Å². The fourth-order valence-corrected chi connectivity index (χ4v) is 2.68. The average Bonchev–Trinajstić information content (AvgIpc) is 2.53. The van der Waals surface area contributed by atoms with E-state index in [1.165, 1.54) is 0 Å². The minimum atomic E-state index is 0.0331. The normalized spacial score (nSPS) is 15.4. The van der Waals surface area contributed by atoms with Crippen LogP contribution in [0.3, 0.4) is 0 Å². The van der Waals surface area contributed by atoms with Gasteiger partial charge in [-0.2, -0.15) is 0 Å². The molecule has 0 spiro atoms. The summed E-state index contributed by atoms with van der Waals surface area (Å²) >= 11 is 6.62. The summed E-state index contributed by atoms with van der Waals surface area (Å²) in [4.78, 5) is 0. The standard InChI is InChI=1S/C18H19Cl/c1-13-9-6-5-7-10-14(13)15-11-8-12-16(17(15)19)18(2,3)4/h5-12H,1H2,2-4H3. The van der Waals surface area contributed by atoms with Crippen molar-refractivity contribution in [2.45, 2.75) is 26.2 Å². The summed E-state index contributed by atoms with van der Waals surface area (Å²) in [5.74, 6) is 0. The Morgan fingerprint density at radius 3 is 2.47 bits per heavy atom. The first kappa shape index (κ1) is 13.9. The lowest BCUT2D eigenvalue weighted by atomic mass is 9.84. The Hall–Kier alpha value is -1.53. The van der Waals surface area contributed by atoms with E-state index >= 15 is 0 Å². The molecule has 0 saturated carbocycles. The molecule has 0 amide bonds. The van der Waals surface area contributed by atoms with Gasteiger partial charge in [-0.05, 0) is 22.1 Å². The Morgan fingerprint density at radius 2 is 1.79 bits per heavy atom. The highest BCUT2D eigenvalue weighted by Gasteiger charge is 2.20. The van der Waals surface area contributed by atoms with Crippen molar-refractivity contribution in [1.29, 1.82) is 0 Å². The van der Waals surface area contributed by atoms with Gasteiger partial charge in [0.1, 0.15) is 0 Å². The monoisotopic (exact) mass is 270 g/mol. The van der Waals surface area contributed by atoms with Gasteiger partial charge in [-0.1, -0.05) is 87.5 Å². The second-order valence-electron chi connectivity index (χ2n) is 5.77. The van der Waals surface area contributed by atoms with Gasteiger partial charge in [-0.3, -0.25) is 0 Å². The van der Waals surface area contributed by atoms with Crippen LogP contribution >= 0.6 is 11.6 Å². The number of hydrogen-bond donors (Lipinski definition) is 0. The van der Waals surface area contributed by atoms with Gasteiger partial charge in [0.2, 0.25) is 0 Å². The third kappa shape index (κ3) is 2.90. The van der Waals surface area contributed by atoms with Gasteiger partial charge in [-0.15, -0.1) is 0 Å². The first-order valence-electron chi connectivity index (χ1n) is 6.45. The lowest BCUT2D eigenvalue weighted by Crippen LogP contribution is -2.12. The minimum Gasteiger partial charge on any atom is -0.0911 e. The van der Waals surface area contributed by atoms with Crippen LogP contribution in [-0.2, 0) is 5.41 Å². The van der Waals surface area contributed by atoms with Crippen LogP contribution in [0.4, 0.5) is 0 Å². The molecule has 1 aromatic carbocycles. The predicted octanol–water partition coefficient (Wildman–Crippen LogP) is 5.70. The predicted molar refractivity (Wildman–Crippen MR) is 85.5 cm³/mol. The fourth-order valence-electron chi connectivity index (χ4n) is 2.17. The van der Waals surface area contributed by atoms with Crippen LogP contribution in [-0.4, -0.2) is 0 Å². The maximum absolute atomic E-state index is 6.62. The second kappa shape index (κ2) is 5.22. The van der Waals surface area contributed by atoms with Crippen LogP contribution in [0.5, 0.6) is 0 Å². The zero-order chi connectivity index (χ0) is 14.0. The number of hydrogen-bond acceptors (Lipinski definition) is 0. The van der Waals surface area contributed by atoms with Gasteiger partial charge in [0, 0.05) is 5.56 Å². The lowest BCUT2D eigenvalue weighted by Gasteiger charge is -2.23. The summed E-state index contributed by atoms with van der Waals surface area (Å²) in [5, 5.41) is 0.825. The van der Waals surface area contributed by atoms with Crippen LogP contribution in [0.25, 0.3) is 5.57 Å². The zero-order valence-corrected chi connectivity index (χ0v) is 12.5. The van der Waals surface area contributed by atoms with E-state index in [-0.39, 0.29) is 5.41 Å². The summed E-state index contributed by atoms with van der Waals surface area (Å²) in [7, 11) is 0. The largest absolute Gasteiger partial charge is 0.0911 e. The molecule has 0 atom stereocenters. The smallest absolute Gasteiger partial charge is 0.0521 e. The molecule has 0 heterocycles. The first-order chi connectivity index (χ1) is 8.91. The van der Waals surface area contributed by atoms with Crippen molar-refractivity contribution in [1.82, 2.24) is 0 Å². The van der Waals surface area contributed by atoms with Gasteiger partial charge in [0.15, 0.2) is 0 Å². The van der Waals surface area contributed by atoms with Crippen molar-refractivity contribution >= 4 is 17.2 Å². The fraction of sp³-hybridized carbons (Fsp3) is 0.222. The van der Waals surface area contributed by atoms with Gasteiger partial charge in [0.25, 0.3) is 0 Å². The first-order valence-corrected chi connectivity index (χ1v) is 6.83. The molecular formula is C18H19Cl. The quantitative estimate of drug-likeness (QED) is 0.614. The highest BCUT2D eigenvalue weighted by Crippen LogP contribution is 2.37. The van der Waals surface area contributed by atoms with Crippen LogP contribution in [0.15, 0.2) is 60.7 Å². The van der Waals surface area contributed by atoms with E-state index in [9.17, 15) is 0 Å². The highest BCUT2D eigenvalue weighted by molar-refractivity contribution is 6.33. The molecular weight excluding hydrogens is 252 g/mol. The molecule has 1 heteroatoms. The molecule has 0 saturated heterocycles. The number of allylic oxidation sites excluding steroid dienone is 7. The summed E-state index contributed by atoms with van der Waals surface area (Å²) in [6, 6.07) is 6.22. The van der Waals surface area contributed by atoms with Crippen molar-refractivity contribution in [2.24, 2.45) is 0 Å². The molecule has 98 valence electrons. The van der Waals surface area contributed by atoms with E-state index in [1.807, 2.05) is 24.3 Å². The van der Waals surface area contributed by atoms with Crippen LogP contribution in [0.1, 0.15) is 31.9 Å². The highest BCUT2D eigenvalue weighted by atomic mass is 35.5. The summed E-state index contributed by atoms with van der Waals surface area (Å²) in [6.45, 7) is 10.6. The average molecular weight is 271 g/mol. The third-order valence-electron chi connectivity index (χ3n) is 3.23. The van der Waals surface area contributed by atoms with E-state index < -0.39 is 0 Å². The minimum absolute atomic E-state index is 0.0331. The summed E-state index contributed by atoms with van der Waals surface area (Å²) in [6.07, 6.45) is 10.1. The molecule has 0 N–H and O–H groups in total. The summed E-state index contributed by atoms with van der Waals surface area (Å²) in [5.41, 5.74) is 4.32. The van der Waals surface area contributed by atoms with Gasteiger partial charge in [-0.25, -0.2) is 0 Å². The van der Waals surface area contributed by atoms with E-state index in [4.69, 9.17) is 11.6 Å². The van der Waals surface area contributed by atoms with E-state index in [0.717, 1.165) is 27.3 Å². The SMILES string of the molecule is C=C1C=CC=CC=C1c1cccc(C(C)(C)C)c1Cl. The maximum Gasteiger partial charge on any atom is 0.0521 e. The molecule has 0 radical (unpaired) electrons. The number of rotatable bonds is 1.